The lowest BCUT2D eigenvalue weighted by atomic mass is 10.1. The molecule has 9 nitrogen and oxygen atoms in total. The molecule has 0 aliphatic rings. The van der Waals surface area contributed by atoms with E-state index in [4.69, 9.17) is 10.7 Å². The number of imidazole rings is 1. The van der Waals surface area contributed by atoms with Crippen molar-refractivity contribution in [3.8, 4) is 23.1 Å². The number of amides is 1. The van der Waals surface area contributed by atoms with Crippen LogP contribution in [0.4, 0.5) is 5.82 Å². The first kappa shape index (κ1) is 21.4. The largest absolute Gasteiger partial charge is 0.382 e. The van der Waals surface area contributed by atoms with Crippen molar-refractivity contribution in [2.24, 2.45) is 7.05 Å². The number of nitrogens with one attached hydrogen (secondary N) is 1. The Morgan fingerprint density at radius 2 is 1.97 bits per heavy atom. The molecule has 1 amide bonds. The van der Waals surface area contributed by atoms with Crippen molar-refractivity contribution < 1.29 is 4.79 Å². The van der Waals surface area contributed by atoms with E-state index < -0.39 is 11.9 Å². The molecule has 34 heavy (non-hydrogen) atoms. The van der Waals surface area contributed by atoms with Gasteiger partial charge in [-0.05, 0) is 12.8 Å². The van der Waals surface area contributed by atoms with Crippen molar-refractivity contribution in [1.29, 1.82) is 0 Å². The minimum absolute atomic E-state index is 0.0780. The van der Waals surface area contributed by atoms with Gasteiger partial charge in [-0.1, -0.05) is 36.3 Å². The lowest BCUT2D eigenvalue weighted by molar-refractivity contribution is 0.0935. The summed E-state index contributed by atoms with van der Waals surface area (Å²) in [7, 11) is 1.86. The number of carbonyl (C=O) groups excluding carboxylic acids is 1. The zero-order valence-corrected chi connectivity index (χ0v) is 19.2. The summed E-state index contributed by atoms with van der Waals surface area (Å²) in [5, 5.41) is 9.10. The number of benzene rings is 1. The van der Waals surface area contributed by atoms with Crippen LogP contribution in [0.5, 0.6) is 0 Å². The van der Waals surface area contributed by atoms with Gasteiger partial charge < -0.3 is 11.1 Å². The molecule has 0 saturated heterocycles. The van der Waals surface area contributed by atoms with E-state index in [1.54, 1.807) is 10.9 Å². The van der Waals surface area contributed by atoms with E-state index in [2.05, 4.69) is 32.2 Å². The molecule has 168 valence electrons. The Morgan fingerprint density at radius 3 is 2.71 bits per heavy atom. The highest BCUT2D eigenvalue weighted by molar-refractivity contribution is 7.15. The van der Waals surface area contributed by atoms with E-state index in [0.717, 1.165) is 33.2 Å². The maximum Gasteiger partial charge on any atom is 0.274 e. The molecule has 3 N–H and O–H groups in total. The Bertz CT molecular complexity index is 1550. The van der Waals surface area contributed by atoms with Crippen LogP contribution >= 0.6 is 11.3 Å². The van der Waals surface area contributed by atoms with Gasteiger partial charge in [-0.2, -0.15) is 5.10 Å². The number of nitrogens with zero attached hydrogens (tertiary/aromatic N) is 6. The summed E-state index contributed by atoms with van der Waals surface area (Å²) in [6, 6.07) is 9.50. The molecule has 0 spiro atoms. The highest BCUT2D eigenvalue weighted by atomic mass is 32.1. The zero-order chi connectivity index (χ0) is 23.7. The van der Waals surface area contributed by atoms with Crippen molar-refractivity contribution in [2.45, 2.75) is 13.0 Å². The molecule has 0 bridgehead atoms. The van der Waals surface area contributed by atoms with Gasteiger partial charge in [0.25, 0.3) is 5.91 Å². The van der Waals surface area contributed by atoms with E-state index in [-0.39, 0.29) is 11.5 Å². The molecule has 0 unspecified atom stereocenters. The summed E-state index contributed by atoms with van der Waals surface area (Å²) >= 11 is 1.49. The van der Waals surface area contributed by atoms with Crippen molar-refractivity contribution >= 4 is 28.0 Å². The summed E-state index contributed by atoms with van der Waals surface area (Å²) in [5.74, 6) is 6.07. The fraction of sp³-hybridized carbons (Fsp3) is 0.125. The van der Waals surface area contributed by atoms with E-state index >= 15 is 0 Å². The molecule has 5 rings (SSSR count). The topological polar surface area (TPSA) is 116 Å². The SMILES string of the molecule is C[C@H](NC(=O)c1nccnc1N)c1nc2scc(C#Cc3cnn(C)c3)n2c1-c1ccccc1. The standard InChI is InChI=1S/C24H20N8OS/c1-15(29-23(33)20-22(25)27-11-10-26-20)19-21(17-6-4-3-5-7-17)32-18(14-34-24(32)30-19)9-8-16-12-28-31(2)13-16/h3-7,10-15H,1-2H3,(H2,25,27)(H,29,33)/t15-/m0/s1. The van der Waals surface area contributed by atoms with Crippen LogP contribution in [0.15, 0.2) is 60.5 Å². The number of aryl methyl sites for hydroxylation is 1. The maximum atomic E-state index is 12.8. The second kappa shape index (κ2) is 8.80. The smallest absolute Gasteiger partial charge is 0.274 e. The van der Waals surface area contributed by atoms with Crippen LogP contribution in [-0.2, 0) is 7.05 Å². The number of rotatable bonds is 4. The molecule has 0 aliphatic heterocycles. The lowest BCUT2D eigenvalue weighted by Crippen LogP contribution is -2.29. The van der Waals surface area contributed by atoms with E-state index in [9.17, 15) is 4.79 Å². The van der Waals surface area contributed by atoms with Crippen molar-refractivity contribution in [1.82, 2.24) is 34.4 Å². The summed E-state index contributed by atoms with van der Waals surface area (Å²) in [6.07, 6.45) is 6.47. The number of hydrogen-bond donors (Lipinski definition) is 2. The van der Waals surface area contributed by atoms with E-state index in [1.165, 1.54) is 23.7 Å². The number of anilines is 1. The van der Waals surface area contributed by atoms with E-state index in [0.29, 0.717) is 0 Å². The Morgan fingerprint density at radius 1 is 1.18 bits per heavy atom. The van der Waals surface area contributed by atoms with Crippen molar-refractivity contribution in [3.05, 3.63) is 83.1 Å². The van der Waals surface area contributed by atoms with Gasteiger partial charge in [0.2, 0.25) is 0 Å². The number of nitrogens with two attached hydrogens (primary N) is 1. The maximum absolute atomic E-state index is 12.8. The van der Waals surface area contributed by atoms with Crippen LogP contribution in [0.25, 0.3) is 16.2 Å². The molecule has 1 atom stereocenters. The Hall–Kier alpha value is -4.49. The van der Waals surface area contributed by atoms with Crippen LogP contribution < -0.4 is 11.1 Å². The number of aromatic nitrogens is 6. The predicted molar refractivity (Wildman–Crippen MR) is 130 cm³/mol. The highest BCUT2D eigenvalue weighted by Crippen LogP contribution is 2.33. The Kier molecular flexibility index (Phi) is 5.53. The van der Waals surface area contributed by atoms with Crippen LogP contribution in [-0.4, -0.2) is 35.0 Å². The molecule has 4 heterocycles. The van der Waals surface area contributed by atoms with Crippen LogP contribution in [0.2, 0.25) is 0 Å². The molecule has 5 aromatic rings. The normalized spacial score (nSPS) is 11.7. The van der Waals surface area contributed by atoms with Gasteiger partial charge in [-0.25, -0.2) is 15.0 Å². The zero-order valence-electron chi connectivity index (χ0n) is 18.4. The predicted octanol–water partition coefficient (Wildman–Crippen LogP) is 3.06. The fourth-order valence-electron chi connectivity index (χ4n) is 3.62. The summed E-state index contributed by atoms with van der Waals surface area (Å²) in [5.41, 5.74) is 10.1. The number of thiazole rings is 1. The first-order chi connectivity index (χ1) is 16.5. The van der Waals surface area contributed by atoms with Crippen LogP contribution in [0.3, 0.4) is 0 Å². The fourth-order valence-corrected chi connectivity index (χ4v) is 4.45. The highest BCUT2D eigenvalue weighted by Gasteiger charge is 2.24. The first-order valence-corrected chi connectivity index (χ1v) is 11.3. The third kappa shape index (κ3) is 4.00. The number of fused-ring (bicyclic) bond motifs is 1. The van der Waals surface area contributed by atoms with Gasteiger partial charge in [0, 0.05) is 36.6 Å². The van der Waals surface area contributed by atoms with Crippen LogP contribution in [0, 0.1) is 11.8 Å². The number of nitrogen functional groups attached to an aromatic ring is 1. The first-order valence-electron chi connectivity index (χ1n) is 10.4. The quantitative estimate of drug-likeness (QED) is 0.392. The Labute approximate surface area is 199 Å². The summed E-state index contributed by atoms with van der Waals surface area (Å²) < 4.78 is 3.74. The second-order valence-corrected chi connectivity index (χ2v) is 8.43. The monoisotopic (exact) mass is 468 g/mol. The molecule has 0 saturated carbocycles. The molecule has 0 aliphatic carbocycles. The second-order valence-electron chi connectivity index (χ2n) is 7.59. The minimum Gasteiger partial charge on any atom is -0.382 e. The molecular weight excluding hydrogens is 448 g/mol. The van der Waals surface area contributed by atoms with Gasteiger partial charge in [-0.15, -0.1) is 11.3 Å². The minimum atomic E-state index is -0.421. The van der Waals surface area contributed by atoms with Gasteiger partial charge in [0.05, 0.1) is 29.2 Å². The van der Waals surface area contributed by atoms with Crippen LogP contribution in [0.1, 0.15) is 40.4 Å². The number of carbonyl (C=O) groups is 1. The van der Waals surface area contributed by atoms with Crippen molar-refractivity contribution in [2.75, 3.05) is 5.73 Å². The summed E-state index contributed by atoms with van der Waals surface area (Å²) in [6.45, 7) is 1.88. The van der Waals surface area contributed by atoms with Crippen molar-refractivity contribution in [3.63, 3.8) is 0 Å². The Balaban J connectivity index is 1.58. The van der Waals surface area contributed by atoms with E-state index in [1.807, 2.05) is 60.3 Å². The molecular formula is C24H20N8OS. The third-order valence-electron chi connectivity index (χ3n) is 5.18. The molecule has 1 aromatic carbocycles. The third-order valence-corrected chi connectivity index (χ3v) is 6.00. The lowest BCUT2D eigenvalue weighted by Gasteiger charge is -2.14. The van der Waals surface area contributed by atoms with Gasteiger partial charge in [0.15, 0.2) is 16.5 Å². The molecule has 0 fully saturated rings. The van der Waals surface area contributed by atoms with Gasteiger partial charge in [-0.3, -0.25) is 13.9 Å². The molecule has 0 radical (unpaired) electrons. The van der Waals surface area contributed by atoms with Gasteiger partial charge >= 0.3 is 0 Å². The number of hydrogen-bond acceptors (Lipinski definition) is 7. The van der Waals surface area contributed by atoms with Gasteiger partial charge in [0.1, 0.15) is 5.69 Å². The average molecular weight is 469 g/mol. The molecule has 4 aromatic heterocycles. The summed E-state index contributed by atoms with van der Waals surface area (Å²) in [4.78, 5) is 26.5. The average Bonchev–Trinajstić information content (AvgIpc) is 3.53. The molecule has 10 heteroatoms.